The van der Waals surface area contributed by atoms with Crippen molar-refractivity contribution in [2.45, 2.75) is 258 Å². The molecule has 5 nitrogen and oxygen atoms in total. The summed E-state index contributed by atoms with van der Waals surface area (Å²) >= 11 is 0. The van der Waals surface area contributed by atoms with Crippen molar-refractivity contribution in [2.24, 2.45) is 0 Å². The van der Waals surface area contributed by atoms with Gasteiger partial charge in [0.25, 0.3) is 0 Å². The number of allylic oxidation sites excluding steroid dienone is 18. The van der Waals surface area contributed by atoms with E-state index < -0.39 is 6.10 Å². The summed E-state index contributed by atoms with van der Waals surface area (Å²) in [7, 11) is 0. The van der Waals surface area contributed by atoms with Crippen molar-refractivity contribution in [2.75, 3.05) is 13.2 Å². The first-order valence-corrected chi connectivity index (χ1v) is 27.9. The molecule has 0 fully saturated rings. The van der Waals surface area contributed by atoms with Gasteiger partial charge in [-0.15, -0.1) is 0 Å². The van der Waals surface area contributed by atoms with Gasteiger partial charge in [-0.05, 0) is 83.5 Å². The molecule has 0 aromatic rings. The van der Waals surface area contributed by atoms with E-state index in [2.05, 4.69) is 123 Å². The Bertz CT molecular complexity index is 1330. The number of carbonyl (C=O) groups excluding carboxylic acids is 2. The lowest BCUT2D eigenvalue weighted by atomic mass is 10.0. The van der Waals surface area contributed by atoms with Gasteiger partial charge in [0.05, 0.1) is 6.61 Å². The second kappa shape index (κ2) is 56.9. The monoisotopic (exact) mass is 929 g/mol. The molecule has 5 heteroatoms. The molecule has 0 aliphatic carbocycles. The summed E-state index contributed by atoms with van der Waals surface area (Å²) in [6.45, 7) is 4.02. The minimum Gasteiger partial charge on any atom is -0.462 e. The van der Waals surface area contributed by atoms with Crippen LogP contribution in [0.15, 0.2) is 109 Å². The average molecular weight is 930 g/mol. The minimum absolute atomic E-state index is 0.0831. The van der Waals surface area contributed by atoms with E-state index in [4.69, 9.17) is 9.47 Å². The number of aliphatic hydroxyl groups is 1. The van der Waals surface area contributed by atoms with Gasteiger partial charge < -0.3 is 14.6 Å². The fourth-order valence-electron chi connectivity index (χ4n) is 7.67. The Morgan fingerprint density at radius 1 is 0.358 bits per heavy atom. The van der Waals surface area contributed by atoms with Crippen LogP contribution in [-0.2, 0) is 19.1 Å². The van der Waals surface area contributed by atoms with Crippen molar-refractivity contribution in [1.82, 2.24) is 0 Å². The third-order valence-electron chi connectivity index (χ3n) is 11.8. The molecule has 0 aromatic heterocycles. The molecule has 0 rings (SSSR count). The van der Waals surface area contributed by atoms with Crippen LogP contribution in [0.5, 0.6) is 0 Å². The molecule has 1 N–H and O–H groups in total. The lowest BCUT2D eigenvalue weighted by Gasteiger charge is -2.15. The Hall–Kier alpha value is -3.44. The molecule has 67 heavy (non-hydrogen) atoms. The third-order valence-corrected chi connectivity index (χ3v) is 11.8. The van der Waals surface area contributed by atoms with Gasteiger partial charge in [0.2, 0.25) is 0 Å². The van der Waals surface area contributed by atoms with Gasteiger partial charge in [-0.1, -0.05) is 264 Å². The number of unbranched alkanes of at least 4 members (excludes halogenated alkanes) is 24. The molecule has 1 unspecified atom stereocenters. The molecule has 0 aliphatic heterocycles. The van der Waals surface area contributed by atoms with Gasteiger partial charge in [0.1, 0.15) is 6.61 Å². The molecule has 0 saturated heterocycles. The van der Waals surface area contributed by atoms with E-state index >= 15 is 0 Å². The highest BCUT2D eigenvalue weighted by Crippen LogP contribution is 2.16. The lowest BCUT2D eigenvalue weighted by molar-refractivity contribution is -0.161. The smallest absolute Gasteiger partial charge is 0.306 e. The fraction of sp³-hybridized carbons (Fsp3) is 0.677. The first kappa shape index (κ1) is 63.6. The van der Waals surface area contributed by atoms with Gasteiger partial charge in [0, 0.05) is 12.8 Å². The van der Waals surface area contributed by atoms with Crippen LogP contribution in [0.4, 0.5) is 0 Å². The second-order valence-corrected chi connectivity index (χ2v) is 18.3. The van der Waals surface area contributed by atoms with Crippen molar-refractivity contribution in [1.29, 1.82) is 0 Å². The number of aliphatic hydroxyl groups excluding tert-OH is 1. The van der Waals surface area contributed by atoms with E-state index in [-0.39, 0.29) is 25.2 Å². The quantitative estimate of drug-likeness (QED) is 0.0374. The van der Waals surface area contributed by atoms with Gasteiger partial charge in [-0.2, -0.15) is 0 Å². The Morgan fingerprint density at radius 3 is 0.970 bits per heavy atom. The van der Waals surface area contributed by atoms with Crippen LogP contribution in [0.3, 0.4) is 0 Å². The van der Waals surface area contributed by atoms with Crippen LogP contribution in [0.25, 0.3) is 0 Å². The normalized spacial score (nSPS) is 13.1. The zero-order valence-electron chi connectivity index (χ0n) is 43.6. The van der Waals surface area contributed by atoms with Crippen LogP contribution < -0.4 is 0 Å². The van der Waals surface area contributed by atoms with E-state index in [1.54, 1.807) is 0 Å². The van der Waals surface area contributed by atoms with Gasteiger partial charge >= 0.3 is 11.9 Å². The molecule has 1 atom stereocenters. The summed E-state index contributed by atoms with van der Waals surface area (Å²) in [5.74, 6) is -0.627. The summed E-state index contributed by atoms with van der Waals surface area (Å²) < 4.78 is 10.7. The molecular weight excluding hydrogens is 825 g/mol. The van der Waals surface area contributed by atoms with Gasteiger partial charge in [0.15, 0.2) is 6.10 Å². The van der Waals surface area contributed by atoms with Crippen molar-refractivity contribution >= 4 is 11.9 Å². The van der Waals surface area contributed by atoms with E-state index in [0.29, 0.717) is 12.8 Å². The summed E-state index contributed by atoms with van der Waals surface area (Å²) in [6, 6.07) is 0. The maximum atomic E-state index is 12.3. The largest absolute Gasteiger partial charge is 0.462 e. The summed E-state index contributed by atoms with van der Waals surface area (Å²) in [4.78, 5) is 24.5. The second-order valence-electron chi connectivity index (χ2n) is 18.3. The van der Waals surface area contributed by atoms with Gasteiger partial charge in [-0.3, -0.25) is 9.59 Å². The average Bonchev–Trinajstić information content (AvgIpc) is 3.33. The molecule has 0 radical (unpaired) electrons. The lowest BCUT2D eigenvalue weighted by Crippen LogP contribution is -2.28. The summed E-state index contributed by atoms with van der Waals surface area (Å²) in [5.41, 5.74) is 0. The number of rotatable bonds is 50. The molecule has 0 bridgehead atoms. The SMILES string of the molecule is CC/C=C\C/C=C\C/C=C\C/C=C\C/C=C\C/C=C\C/C=C\C/C=C\C/C=C\CCCCCC(=O)OC(CO)COC(=O)CCCCCCCCCCCCCCCCCCCCCCCC. The first-order valence-electron chi connectivity index (χ1n) is 27.9. The van der Waals surface area contributed by atoms with Crippen LogP contribution in [0.2, 0.25) is 0 Å². The van der Waals surface area contributed by atoms with E-state index in [1.807, 2.05) is 0 Å². The van der Waals surface area contributed by atoms with E-state index in [9.17, 15) is 14.7 Å². The number of hydrogen-bond acceptors (Lipinski definition) is 5. The predicted octanol–water partition coefficient (Wildman–Crippen LogP) is 18.9. The predicted molar refractivity (Wildman–Crippen MR) is 292 cm³/mol. The van der Waals surface area contributed by atoms with E-state index in [0.717, 1.165) is 103 Å². The minimum atomic E-state index is -0.796. The molecule has 0 amide bonds. The van der Waals surface area contributed by atoms with Crippen molar-refractivity contribution in [3.63, 3.8) is 0 Å². The highest BCUT2D eigenvalue weighted by Gasteiger charge is 2.16. The Morgan fingerprint density at radius 2 is 0.642 bits per heavy atom. The summed E-state index contributed by atoms with van der Waals surface area (Å²) in [6.07, 6.45) is 82.0. The molecule has 0 spiro atoms. The summed E-state index contributed by atoms with van der Waals surface area (Å²) in [5, 5.41) is 9.64. The van der Waals surface area contributed by atoms with Crippen LogP contribution in [0, 0.1) is 0 Å². The van der Waals surface area contributed by atoms with Crippen molar-refractivity contribution in [3.8, 4) is 0 Å². The molecule has 0 aromatic carbocycles. The van der Waals surface area contributed by atoms with Crippen LogP contribution in [-0.4, -0.2) is 36.4 Å². The zero-order valence-corrected chi connectivity index (χ0v) is 43.6. The third kappa shape index (κ3) is 55.0. The standard InChI is InChI=1S/C62H104O5/c1-3-5-7-9-11-13-15-17-19-21-23-25-27-28-29-30-31-32-33-34-35-37-39-41-43-45-47-49-51-53-55-57-62(65)67-60(58-63)59-66-61(64)56-54-52-50-48-46-44-42-40-38-36-26-24-22-20-18-16-14-12-10-8-6-4-2/h5,7,11,13,17,19,23,25,28-29,31-32,34-35,39,41,45,47,60,63H,3-4,6,8-10,12,14-16,18,20-22,24,26-27,30,33,36-38,40,42-44,46,48-59H2,1-2H3/b7-5-,13-11-,19-17-,25-23-,29-28-,32-31-,35-34-,41-39-,47-45-. The number of hydrogen-bond donors (Lipinski definition) is 1. The van der Waals surface area contributed by atoms with E-state index in [1.165, 1.54) is 122 Å². The Kier molecular flexibility index (Phi) is 54.0. The Balaban J connectivity index is 3.62. The number of ether oxygens (including phenoxy) is 2. The highest BCUT2D eigenvalue weighted by molar-refractivity contribution is 5.70. The Labute approximate surface area is 414 Å². The molecule has 0 heterocycles. The first-order chi connectivity index (χ1) is 33.1. The molecule has 0 aliphatic rings. The van der Waals surface area contributed by atoms with Crippen LogP contribution in [0.1, 0.15) is 251 Å². The molecule has 382 valence electrons. The van der Waals surface area contributed by atoms with Crippen molar-refractivity contribution in [3.05, 3.63) is 109 Å². The van der Waals surface area contributed by atoms with Gasteiger partial charge in [-0.25, -0.2) is 0 Å². The van der Waals surface area contributed by atoms with Crippen LogP contribution >= 0.6 is 0 Å². The maximum Gasteiger partial charge on any atom is 0.306 e. The molecular formula is C62H104O5. The zero-order chi connectivity index (χ0) is 48.5. The molecule has 0 saturated carbocycles. The highest BCUT2D eigenvalue weighted by atomic mass is 16.6. The maximum absolute atomic E-state index is 12.3. The topological polar surface area (TPSA) is 72.8 Å². The fourth-order valence-corrected chi connectivity index (χ4v) is 7.67. The van der Waals surface area contributed by atoms with Crippen molar-refractivity contribution < 1.29 is 24.2 Å². The number of esters is 2. The number of carbonyl (C=O) groups is 2.